The SMILES string of the molecule is CCSN1C(=O)C(=C2c3cc([N+](=O)[O-])ccc3-c3c2cccc3[N+](=O)[O-])C(=O)N(SCC)C1=O. The number of carbonyl (C=O) groups excluding carboxylic acids is 3. The van der Waals surface area contributed by atoms with Crippen molar-refractivity contribution in [3.8, 4) is 11.1 Å². The molecule has 174 valence electrons. The Morgan fingerprint density at radius 2 is 1.41 bits per heavy atom. The van der Waals surface area contributed by atoms with Crippen LogP contribution in [0.1, 0.15) is 25.0 Å². The van der Waals surface area contributed by atoms with E-state index in [1.165, 1.54) is 36.4 Å². The Labute approximate surface area is 201 Å². The summed E-state index contributed by atoms with van der Waals surface area (Å²) in [6, 6.07) is 7.18. The molecule has 0 unspecified atom stereocenters. The minimum Gasteiger partial charge on any atom is -0.267 e. The highest BCUT2D eigenvalue weighted by Gasteiger charge is 2.47. The van der Waals surface area contributed by atoms with Gasteiger partial charge in [0.2, 0.25) is 0 Å². The van der Waals surface area contributed by atoms with Crippen LogP contribution < -0.4 is 0 Å². The summed E-state index contributed by atoms with van der Waals surface area (Å²) in [6.07, 6.45) is 0. The number of amides is 4. The molecule has 0 bridgehead atoms. The van der Waals surface area contributed by atoms with E-state index in [4.69, 9.17) is 0 Å². The molecule has 1 fully saturated rings. The number of nitro benzene ring substituents is 2. The van der Waals surface area contributed by atoms with Gasteiger partial charge in [0.05, 0.1) is 15.4 Å². The maximum Gasteiger partial charge on any atom is 0.354 e. The van der Waals surface area contributed by atoms with Crippen LogP contribution in [-0.2, 0) is 9.59 Å². The zero-order valence-corrected chi connectivity index (χ0v) is 19.5. The van der Waals surface area contributed by atoms with Crippen LogP contribution in [0.25, 0.3) is 16.7 Å². The van der Waals surface area contributed by atoms with Gasteiger partial charge in [0.15, 0.2) is 0 Å². The lowest BCUT2D eigenvalue weighted by atomic mass is 9.95. The molecule has 4 amide bonds. The lowest BCUT2D eigenvalue weighted by Gasteiger charge is -2.32. The number of nitro groups is 2. The maximum atomic E-state index is 13.4. The fourth-order valence-corrected chi connectivity index (χ4v) is 5.29. The first-order chi connectivity index (χ1) is 16.2. The number of imide groups is 2. The Balaban J connectivity index is 2.10. The molecule has 1 heterocycles. The summed E-state index contributed by atoms with van der Waals surface area (Å²) in [7, 11) is 0. The number of carbonyl (C=O) groups is 3. The molecule has 0 spiro atoms. The number of fused-ring (bicyclic) bond motifs is 3. The van der Waals surface area contributed by atoms with Gasteiger partial charge < -0.3 is 0 Å². The summed E-state index contributed by atoms with van der Waals surface area (Å²) in [4.78, 5) is 61.7. The van der Waals surface area contributed by atoms with Crippen LogP contribution in [0.2, 0.25) is 0 Å². The van der Waals surface area contributed by atoms with E-state index in [1.807, 2.05) is 0 Å². The zero-order chi connectivity index (χ0) is 24.7. The molecule has 0 N–H and O–H groups in total. The van der Waals surface area contributed by atoms with Gasteiger partial charge >= 0.3 is 6.03 Å². The predicted octanol–water partition coefficient (Wildman–Crippen LogP) is 4.41. The minimum absolute atomic E-state index is 0.0308. The monoisotopic (exact) mass is 500 g/mol. The van der Waals surface area contributed by atoms with E-state index < -0.39 is 27.7 Å². The second-order valence-corrected chi connectivity index (χ2v) is 9.41. The Morgan fingerprint density at radius 3 is 1.94 bits per heavy atom. The number of benzene rings is 2. The molecule has 0 aromatic heterocycles. The van der Waals surface area contributed by atoms with Crippen molar-refractivity contribution >= 4 is 58.7 Å². The third-order valence-electron chi connectivity index (χ3n) is 5.17. The number of non-ortho nitro benzene ring substituents is 1. The number of hydrogen-bond donors (Lipinski definition) is 0. The van der Waals surface area contributed by atoms with Crippen LogP contribution >= 0.6 is 23.9 Å². The maximum absolute atomic E-state index is 13.4. The molecular weight excluding hydrogens is 484 g/mol. The standard InChI is InChI=1S/C21H16N4O7S2/c1-3-33-22-19(26)18(20(27)23(21(22)28)34-4-2)17-13-6-5-7-15(25(31)32)16(13)12-9-8-11(24(29)30)10-14(12)17/h5-10H,3-4H2,1-2H3. The summed E-state index contributed by atoms with van der Waals surface area (Å²) in [5, 5.41) is 23.2. The molecule has 1 aliphatic heterocycles. The molecule has 2 aliphatic rings. The average molecular weight is 501 g/mol. The van der Waals surface area contributed by atoms with E-state index in [0.717, 1.165) is 32.5 Å². The van der Waals surface area contributed by atoms with Crippen LogP contribution in [0.4, 0.5) is 16.2 Å². The summed E-state index contributed by atoms with van der Waals surface area (Å²) in [5.74, 6) is -1.02. The van der Waals surface area contributed by atoms with Crippen molar-refractivity contribution in [1.29, 1.82) is 0 Å². The largest absolute Gasteiger partial charge is 0.354 e. The highest BCUT2D eigenvalue weighted by atomic mass is 32.2. The van der Waals surface area contributed by atoms with Gasteiger partial charge in [0, 0.05) is 35.3 Å². The molecule has 1 aliphatic carbocycles. The van der Waals surface area contributed by atoms with Crippen molar-refractivity contribution in [3.05, 3.63) is 73.3 Å². The summed E-state index contributed by atoms with van der Waals surface area (Å²) < 4.78 is 1.75. The second-order valence-electron chi connectivity index (χ2n) is 7.01. The zero-order valence-electron chi connectivity index (χ0n) is 17.8. The van der Waals surface area contributed by atoms with Crippen LogP contribution in [0.5, 0.6) is 0 Å². The van der Waals surface area contributed by atoms with E-state index in [-0.39, 0.29) is 44.8 Å². The van der Waals surface area contributed by atoms with Gasteiger partial charge in [-0.1, -0.05) is 26.0 Å². The molecular formula is C21H16N4O7S2. The van der Waals surface area contributed by atoms with Crippen LogP contribution in [0.3, 0.4) is 0 Å². The van der Waals surface area contributed by atoms with Crippen molar-refractivity contribution in [2.75, 3.05) is 11.5 Å². The van der Waals surface area contributed by atoms with Crippen LogP contribution in [-0.4, -0.2) is 47.8 Å². The van der Waals surface area contributed by atoms with Crippen LogP contribution in [0, 0.1) is 20.2 Å². The van der Waals surface area contributed by atoms with E-state index in [0.29, 0.717) is 11.5 Å². The van der Waals surface area contributed by atoms with Gasteiger partial charge in [-0.05, 0) is 46.7 Å². The summed E-state index contributed by atoms with van der Waals surface area (Å²) in [5.41, 5.74) is -0.107. The van der Waals surface area contributed by atoms with Gasteiger partial charge in [-0.2, -0.15) is 8.61 Å². The number of nitrogens with zero attached hydrogens (tertiary/aromatic N) is 4. The lowest BCUT2D eigenvalue weighted by Crippen LogP contribution is -2.51. The normalized spacial score (nSPS) is 15.1. The van der Waals surface area contributed by atoms with Gasteiger partial charge in [-0.15, -0.1) is 0 Å². The molecule has 0 saturated carbocycles. The number of barbiturate groups is 1. The minimum atomic E-state index is -0.874. The molecule has 11 nitrogen and oxygen atoms in total. The third-order valence-corrected chi connectivity index (χ3v) is 6.85. The highest BCUT2D eigenvalue weighted by molar-refractivity contribution is 7.99. The Bertz CT molecular complexity index is 1290. The second kappa shape index (κ2) is 8.91. The van der Waals surface area contributed by atoms with E-state index in [1.54, 1.807) is 13.8 Å². The smallest absolute Gasteiger partial charge is 0.267 e. The summed E-state index contributed by atoms with van der Waals surface area (Å²) >= 11 is 1.84. The summed E-state index contributed by atoms with van der Waals surface area (Å²) in [6.45, 7) is 3.47. The first kappa shape index (κ1) is 23.4. The van der Waals surface area contributed by atoms with Gasteiger partial charge in [0.25, 0.3) is 23.2 Å². The average Bonchev–Trinajstić information content (AvgIpc) is 3.13. The Hall–Kier alpha value is -3.71. The van der Waals surface area contributed by atoms with Gasteiger partial charge in [0.1, 0.15) is 5.57 Å². The van der Waals surface area contributed by atoms with E-state index >= 15 is 0 Å². The van der Waals surface area contributed by atoms with Crippen molar-refractivity contribution in [2.24, 2.45) is 0 Å². The van der Waals surface area contributed by atoms with Gasteiger partial charge in [-0.25, -0.2) is 4.79 Å². The fourth-order valence-electron chi connectivity index (χ4n) is 3.92. The van der Waals surface area contributed by atoms with Crippen molar-refractivity contribution in [3.63, 3.8) is 0 Å². The highest BCUT2D eigenvalue weighted by Crippen LogP contribution is 2.51. The molecule has 0 atom stereocenters. The van der Waals surface area contributed by atoms with Crippen molar-refractivity contribution in [1.82, 2.24) is 8.61 Å². The molecule has 13 heteroatoms. The lowest BCUT2D eigenvalue weighted by molar-refractivity contribution is -0.385. The fraction of sp³-hybridized carbons (Fsp3) is 0.190. The Morgan fingerprint density at radius 1 is 0.794 bits per heavy atom. The van der Waals surface area contributed by atoms with Crippen LogP contribution in [0.15, 0.2) is 42.0 Å². The third kappa shape index (κ3) is 3.53. The molecule has 2 aromatic rings. The Kier molecular flexibility index (Phi) is 6.15. The predicted molar refractivity (Wildman–Crippen MR) is 127 cm³/mol. The number of hydrogen-bond acceptors (Lipinski definition) is 9. The molecule has 1 saturated heterocycles. The number of urea groups is 1. The topological polar surface area (TPSA) is 144 Å². The van der Waals surface area contributed by atoms with Gasteiger partial charge in [-0.3, -0.25) is 29.8 Å². The number of rotatable bonds is 6. The molecule has 34 heavy (non-hydrogen) atoms. The molecule has 2 aromatic carbocycles. The van der Waals surface area contributed by atoms with E-state index in [2.05, 4.69) is 0 Å². The van der Waals surface area contributed by atoms with Crippen molar-refractivity contribution < 1.29 is 24.2 Å². The quantitative estimate of drug-likeness (QED) is 0.158. The van der Waals surface area contributed by atoms with E-state index in [9.17, 15) is 34.6 Å². The first-order valence-corrected chi connectivity index (χ1v) is 11.9. The molecule has 4 rings (SSSR count). The van der Waals surface area contributed by atoms with Crippen molar-refractivity contribution in [2.45, 2.75) is 13.8 Å². The first-order valence-electron chi connectivity index (χ1n) is 10.0. The molecule has 0 radical (unpaired) electrons.